The Balaban J connectivity index is 2.99. The van der Waals surface area contributed by atoms with Crippen LogP contribution in [0.25, 0.3) is 0 Å². The second-order valence-corrected chi connectivity index (χ2v) is 5.75. The van der Waals surface area contributed by atoms with Gasteiger partial charge in [0.05, 0.1) is 12.6 Å². The van der Waals surface area contributed by atoms with E-state index in [9.17, 15) is 0 Å². The summed E-state index contributed by atoms with van der Waals surface area (Å²) in [5.74, 6) is 2.83. The van der Waals surface area contributed by atoms with Crippen molar-refractivity contribution >= 4 is 11.6 Å². The van der Waals surface area contributed by atoms with Crippen LogP contribution >= 0.6 is 0 Å². The highest BCUT2D eigenvalue weighted by Gasteiger charge is 2.17. The number of hydrogen-bond acceptors (Lipinski definition) is 5. The highest BCUT2D eigenvalue weighted by Crippen LogP contribution is 2.22. The van der Waals surface area contributed by atoms with Gasteiger partial charge in [0.25, 0.3) is 0 Å². The molecule has 0 amide bonds. The average molecular weight is 280 g/mol. The molecule has 0 aliphatic heterocycles. The van der Waals surface area contributed by atoms with E-state index in [2.05, 4.69) is 43.0 Å². The van der Waals surface area contributed by atoms with Crippen molar-refractivity contribution in [1.82, 2.24) is 9.97 Å². The van der Waals surface area contributed by atoms with Crippen LogP contribution in [0.15, 0.2) is 0 Å². The fraction of sp³-hybridized carbons (Fsp3) is 0.733. The van der Waals surface area contributed by atoms with Crippen LogP contribution in [0.4, 0.5) is 11.6 Å². The Morgan fingerprint density at radius 3 is 2.35 bits per heavy atom. The average Bonchev–Trinajstić information content (AvgIpc) is 2.38. The van der Waals surface area contributed by atoms with Gasteiger partial charge < -0.3 is 15.8 Å². The van der Waals surface area contributed by atoms with E-state index < -0.39 is 0 Å². The second-order valence-electron chi connectivity index (χ2n) is 5.75. The van der Waals surface area contributed by atoms with E-state index in [1.54, 1.807) is 0 Å². The van der Waals surface area contributed by atoms with Gasteiger partial charge in [-0.15, -0.1) is 0 Å². The quantitative estimate of drug-likeness (QED) is 0.803. The molecular formula is C15H28N4O. The number of ether oxygens (including phenoxy) is 1. The molecule has 1 aromatic heterocycles. The Kier molecular flexibility index (Phi) is 6.20. The van der Waals surface area contributed by atoms with Crippen molar-refractivity contribution in [1.29, 1.82) is 0 Å². The fourth-order valence-electron chi connectivity index (χ4n) is 1.77. The summed E-state index contributed by atoms with van der Waals surface area (Å²) in [6.07, 6.45) is 0. The first-order chi connectivity index (χ1) is 9.36. The van der Waals surface area contributed by atoms with Crippen molar-refractivity contribution in [2.75, 3.05) is 24.3 Å². The number of nitrogen functional groups attached to an aromatic ring is 1. The number of nitrogens with one attached hydrogen (secondary N) is 1. The lowest BCUT2D eigenvalue weighted by atomic mass is 10.1. The van der Waals surface area contributed by atoms with Crippen LogP contribution in [-0.2, 0) is 4.74 Å². The summed E-state index contributed by atoms with van der Waals surface area (Å²) in [5.41, 5.74) is 6.89. The lowest BCUT2D eigenvalue weighted by molar-refractivity contribution is 0.126. The summed E-state index contributed by atoms with van der Waals surface area (Å²) in [6, 6.07) is 0.211. The summed E-state index contributed by atoms with van der Waals surface area (Å²) in [6.45, 7) is 13.8. The van der Waals surface area contributed by atoms with E-state index >= 15 is 0 Å². The molecule has 0 bridgehead atoms. The largest absolute Gasteiger partial charge is 0.383 e. The zero-order chi connectivity index (χ0) is 15.3. The van der Waals surface area contributed by atoms with Gasteiger partial charge >= 0.3 is 0 Å². The molecule has 0 radical (unpaired) electrons. The summed E-state index contributed by atoms with van der Waals surface area (Å²) >= 11 is 0. The molecule has 0 aliphatic carbocycles. The van der Waals surface area contributed by atoms with Crippen molar-refractivity contribution in [2.45, 2.75) is 53.5 Å². The van der Waals surface area contributed by atoms with Gasteiger partial charge in [0.15, 0.2) is 0 Å². The molecule has 0 aliphatic rings. The minimum Gasteiger partial charge on any atom is -0.383 e. The molecule has 1 atom stereocenters. The number of nitrogens with two attached hydrogens (primary N) is 1. The van der Waals surface area contributed by atoms with Crippen LogP contribution in [0, 0.1) is 12.8 Å². The van der Waals surface area contributed by atoms with Crippen molar-refractivity contribution in [2.24, 2.45) is 5.92 Å². The van der Waals surface area contributed by atoms with Gasteiger partial charge in [0, 0.05) is 18.1 Å². The summed E-state index contributed by atoms with van der Waals surface area (Å²) < 4.78 is 5.54. The lowest BCUT2D eigenvalue weighted by Crippen LogP contribution is -2.32. The maximum atomic E-state index is 5.99. The monoisotopic (exact) mass is 280 g/mol. The van der Waals surface area contributed by atoms with Gasteiger partial charge in [-0.25, -0.2) is 9.97 Å². The minimum atomic E-state index is 0.211. The maximum absolute atomic E-state index is 5.99. The zero-order valence-electron chi connectivity index (χ0n) is 13.5. The molecular weight excluding hydrogens is 252 g/mol. The molecule has 20 heavy (non-hydrogen) atoms. The highest BCUT2D eigenvalue weighted by atomic mass is 16.5. The van der Waals surface area contributed by atoms with Gasteiger partial charge in [0.2, 0.25) is 0 Å². The number of rotatable bonds is 7. The predicted molar refractivity (Wildman–Crippen MR) is 84.0 cm³/mol. The van der Waals surface area contributed by atoms with E-state index in [-0.39, 0.29) is 12.0 Å². The third kappa shape index (κ3) is 4.34. The van der Waals surface area contributed by atoms with Crippen LogP contribution in [0.3, 0.4) is 0 Å². The van der Waals surface area contributed by atoms with E-state index in [1.165, 1.54) is 0 Å². The summed E-state index contributed by atoms with van der Waals surface area (Å²) in [5, 5.41) is 3.46. The van der Waals surface area contributed by atoms with Crippen molar-refractivity contribution < 1.29 is 4.74 Å². The van der Waals surface area contributed by atoms with Gasteiger partial charge in [-0.1, -0.05) is 27.7 Å². The molecule has 114 valence electrons. The lowest BCUT2D eigenvalue weighted by Gasteiger charge is -2.24. The molecule has 0 aromatic carbocycles. The molecule has 5 nitrogen and oxygen atoms in total. The van der Waals surface area contributed by atoms with Crippen LogP contribution in [0.2, 0.25) is 0 Å². The highest BCUT2D eigenvalue weighted by molar-refractivity contribution is 5.55. The molecule has 3 N–H and O–H groups in total. The first-order valence-corrected chi connectivity index (χ1v) is 7.35. The molecule has 1 aromatic rings. The number of hydrogen-bond donors (Lipinski definition) is 2. The van der Waals surface area contributed by atoms with Crippen LogP contribution in [0.5, 0.6) is 0 Å². The Morgan fingerprint density at radius 1 is 1.20 bits per heavy atom. The molecule has 0 saturated carbocycles. The first kappa shape index (κ1) is 16.7. The molecule has 0 saturated heterocycles. The second kappa shape index (κ2) is 7.43. The number of aromatic nitrogens is 2. The number of nitrogens with zero attached hydrogens (tertiary/aromatic N) is 2. The maximum Gasteiger partial charge on any atom is 0.135 e. The van der Waals surface area contributed by atoms with Crippen LogP contribution in [-0.4, -0.2) is 29.2 Å². The van der Waals surface area contributed by atoms with Crippen molar-refractivity contribution in [3.05, 3.63) is 11.4 Å². The van der Waals surface area contributed by atoms with Gasteiger partial charge in [0.1, 0.15) is 17.5 Å². The molecule has 5 heteroatoms. The Hall–Kier alpha value is -1.36. The fourth-order valence-corrected chi connectivity index (χ4v) is 1.77. The van der Waals surface area contributed by atoms with E-state index in [0.717, 1.165) is 17.2 Å². The van der Waals surface area contributed by atoms with Gasteiger partial charge in [-0.05, 0) is 19.8 Å². The first-order valence-electron chi connectivity index (χ1n) is 7.35. The normalized spacial score (nSPS) is 13.0. The molecule has 0 fully saturated rings. The Morgan fingerprint density at radius 2 is 1.85 bits per heavy atom. The minimum absolute atomic E-state index is 0.211. The summed E-state index contributed by atoms with van der Waals surface area (Å²) in [4.78, 5) is 8.95. The SMILES string of the molecule is CCOCC(Nc1nc(C(C)C)nc(N)c1C)C(C)C. The Labute approximate surface area is 122 Å². The van der Waals surface area contributed by atoms with E-state index in [0.29, 0.717) is 24.9 Å². The van der Waals surface area contributed by atoms with Crippen LogP contribution in [0.1, 0.15) is 51.9 Å². The zero-order valence-corrected chi connectivity index (χ0v) is 13.5. The van der Waals surface area contributed by atoms with E-state index in [4.69, 9.17) is 10.5 Å². The summed E-state index contributed by atoms with van der Waals surface area (Å²) in [7, 11) is 0. The molecule has 1 heterocycles. The molecule has 0 spiro atoms. The van der Waals surface area contributed by atoms with E-state index in [1.807, 2.05) is 13.8 Å². The van der Waals surface area contributed by atoms with Crippen molar-refractivity contribution in [3.8, 4) is 0 Å². The third-order valence-electron chi connectivity index (χ3n) is 3.35. The number of anilines is 2. The predicted octanol–water partition coefficient (Wildman–Crippen LogP) is 2.96. The van der Waals surface area contributed by atoms with Crippen molar-refractivity contribution in [3.63, 3.8) is 0 Å². The smallest absolute Gasteiger partial charge is 0.135 e. The third-order valence-corrected chi connectivity index (χ3v) is 3.35. The standard InChI is InChI=1S/C15H28N4O/c1-7-20-8-12(9(2)3)17-15-11(6)13(16)18-14(19-15)10(4)5/h9-10,12H,7-8H2,1-6H3,(H3,16,17,18,19). The molecule has 1 unspecified atom stereocenters. The molecule has 1 rings (SSSR count). The topological polar surface area (TPSA) is 73.1 Å². The van der Waals surface area contributed by atoms with Gasteiger partial charge in [-0.3, -0.25) is 0 Å². The van der Waals surface area contributed by atoms with Gasteiger partial charge in [-0.2, -0.15) is 0 Å². The van der Waals surface area contributed by atoms with Crippen LogP contribution < -0.4 is 11.1 Å². The Bertz CT molecular complexity index is 432.